The number of hydrogen-bond acceptors (Lipinski definition) is 5. The van der Waals surface area contributed by atoms with E-state index in [0.717, 1.165) is 10.4 Å². The summed E-state index contributed by atoms with van der Waals surface area (Å²) in [5.41, 5.74) is 0.804. The van der Waals surface area contributed by atoms with Crippen LogP contribution in [0.5, 0.6) is 5.75 Å². The lowest BCUT2D eigenvalue weighted by Gasteiger charge is -2.08. The number of ketones is 1. The molecule has 22 heavy (non-hydrogen) atoms. The van der Waals surface area contributed by atoms with E-state index in [9.17, 15) is 9.59 Å². The molecule has 0 unspecified atom stereocenters. The van der Waals surface area contributed by atoms with Gasteiger partial charge in [0.15, 0.2) is 5.78 Å². The maximum absolute atomic E-state index is 11.9. The van der Waals surface area contributed by atoms with E-state index >= 15 is 0 Å². The van der Waals surface area contributed by atoms with E-state index in [0.29, 0.717) is 10.6 Å². The minimum absolute atomic E-state index is 0.0210. The lowest BCUT2D eigenvalue weighted by Crippen LogP contribution is -2.08. The topological polar surface area (TPSA) is 52.6 Å². The molecule has 0 aliphatic carbocycles. The summed E-state index contributed by atoms with van der Waals surface area (Å²) in [7, 11) is 1.57. The minimum Gasteiger partial charge on any atom is -0.496 e. The van der Waals surface area contributed by atoms with Gasteiger partial charge in [0, 0.05) is 16.9 Å². The van der Waals surface area contributed by atoms with Crippen molar-refractivity contribution in [1.82, 2.24) is 0 Å². The SMILES string of the molecule is COc1ccccc1COC(=O)CCC(=O)c1ccc(C)s1. The van der Waals surface area contributed by atoms with Crippen LogP contribution in [0.15, 0.2) is 36.4 Å². The van der Waals surface area contributed by atoms with Gasteiger partial charge in [0.1, 0.15) is 12.4 Å². The summed E-state index contributed by atoms with van der Waals surface area (Å²) in [6.07, 6.45) is 0.260. The van der Waals surface area contributed by atoms with Crippen LogP contribution in [0, 0.1) is 6.92 Å². The number of rotatable bonds is 7. The molecular weight excluding hydrogens is 300 g/mol. The number of carbonyl (C=O) groups is 2. The van der Waals surface area contributed by atoms with Crippen LogP contribution in [0.1, 0.15) is 33.0 Å². The maximum Gasteiger partial charge on any atom is 0.306 e. The summed E-state index contributed by atoms with van der Waals surface area (Å²) in [5.74, 6) is 0.278. The summed E-state index contributed by atoms with van der Waals surface area (Å²) in [5, 5.41) is 0. The first-order chi connectivity index (χ1) is 10.6. The predicted molar refractivity (Wildman–Crippen MR) is 85.4 cm³/mol. The van der Waals surface area contributed by atoms with Gasteiger partial charge in [0.05, 0.1) is 18.4 Å². The lowest BCUT2D eigenvalue weighted by molar-refractivity contribution is -0.144. The maximum atomic E-state index is 11.9. The quantitative estimate of drug-likeness (QED) is 0.576. The molecule has 2 aromatic rings. The van der Waals surface area contributed by atoms with E-state index in [1.807, 2.05) is 37.3 Å². The summed E-state index contributed by atoms with van der Waals surface area (Å²) in [6.45, 7) is 2.10. The number of thiophene rings is 1. The first-order valence-corrected chi connectivity index (χ1v) is 7.79. The van der Waals surface area contributed by atoms with Gasteiger partial charge in [-0.1, -0.05) is 18.2 Å². The van der Waals surface area contributed by atoms with Crippen LogP contribution in [-0.4, -0.2) is 18.9 Å². The second-order valence-corrected chi connectivity index (χ2v) is 6.09. The Kier molecular flexibility index (Phi) is 5.72. The molecule has 1 heterocycles. The number of esters is 1. The van der Waals surface area contributed by atoms with Crippen LogP contribution < -0.4 is 4.74 Å². The van der Waals surface area contributed by atoms with Crippen LogP contribution in [0.3, 0.4) is 0 Å². The molecule has 0 saturated carbocycles. The highest BCUT2D eigenvalue weighted by molar-refractivity contribution is 7.14. The zero-order valence-electron chi connectivity index (χ0n) is 12.6. The van der Waals surface area contributed by atoms with Crippen molar-refractivity contribution < 1.29 is 19.1 Å². The van der Waals surface area contributed by atoms with Crippen LogP contribution >= 0.6 is 11.3 Å². The Bertz CT molecular complexity index is 660. The van der Waals surface area contributed by atoms with Gasteiger partial charge in [-0.2, -0.15) is 0 Å². The Morgan fingerprint density at radius 2 is 1.86 bits per heavy atom. The van der Waals surface area contributed by atoms with E-state index in [1.54, 1.807) is 13.2 Å². The fourth-order valence-corrected chi connectivity index (χ4v) is 2.81. The zero-order chi connectivity index (χ0) is 15.9. The van der Waals surface area contributed by atoms with Gasteiger partial charge in [-0.3, -0.25) is 9.59 Å². The van der Waals surface area contributed by atoms with Gasteiger partial charge >= 0.3 is 5.97 Å². The number of methoxy groups -OCH3 is 1. The molecule has 0 bridgehead atoms. The molecule has 2 rings (SSSR count). The van der Waals surface area contributed by atoms with Crippen LogP contribution in [0.4, 0.5) is 0 Å². The molecular formula is C17H18O4S. The summed E-state index contributed by atoms with van der Waals surface area (Å²) in [6, 6.07) is 11.1. The smallest absolute Gasteiger partial charge is 0.306 e. The second-order valence-electron chi connectivity index (χ2n) is 4.81. The van der Waals surface area contributed by atoms with Gasteiger partial charge < -0.3 is 9.47 Å². The molecule has 0 atom stereocenters. The molecule has 5 heteroatoms. The van der Waals surface area contributed by atoms with E-state index < -0.39 is 0 Å². The third-order valence-electron chi connectivity index (χ3n) is 3.15. The van der Waals surface area contributed by atoms with Crippen molar-refractivity contribution in [3.8, 4) is 5.75 Å². The molecule has 0 saturated heterocycles. The van der Waals surface area contributed by atoms with Crippen LogP contribution in [0.25, 0.3) is 0 Å². The largest absolute Gasteiger partial charge is 0.496 e. The first kappa shape index (κ1) is 16.2. The Hall–Kier alpha value is -2.14. The number of aryl methyl sites for hydroxylation is 1. The van der Waals surface area contributed by atoms with Crippen molar-refractivity contribution in [1.29, 1.82) is 0 Å². The minimum atomic E-state index is -0.382. The average molecular weight is 318 g/mol. The Labute approximate surface area is 133 Å². The molecule has 0 aliphatic rings. The molecule has 0 radical (unpaired) electrons. The molecule has 116 valence electrons. The third kappa shape index (κ3) is 4.43. The molecule has 0 N–H and O–H groups in total. The van der Waals surface area contributed by atoms with E-state index in [-0.39, 0.29) is 31.2 Å². The highest BCUT2D eigenvalue weighted by atomic mass is 32.1. The number of Topliss-reactive ketones (excluding diaryl/α,β-unsaturated/α-hetero) is 1. The highest BCUT2D eigenvalue weighted by Crippen LogP contribution is 2.19. The Morgan fingerprint density at radius 1 is 1.09 bits per heavy atom. The van der Waals surface area contributed by atoms with Crippen molar-refractivity contribution in [2.24, 2.45) is 0 Å². The molecule has 1 aromatic heterocycles. The normalized spacial score (nSPS) is 10.3. The number of ether oxygens (including phenoxy) is 2. The van der Waals surface area contributed by atoms with Gasteiger partial charge in [0.25, 0.3) is 0 Å². The Morgan fingerprint density at radius 3 is 2.55 bits per heavy atom. The van der Waals surface area contributed by atoms with Crippen LogP contribution in [-0.2, 0) is 16.1 Å². The van der Waals surface area contributed by atoms with Crippen molar-refractivity contribution >= 4 is 23.1 Å². The fourth-order valence-electron chi connectivity index (χ4n) is 1.98. The van der Waals surface area contributed by atoms with Crippen molar-refractivity contribution in [3.05, 3.63) is 51.7 Å². The summed E-state index contributed by atoms with van der Waals surface area (Å²) >= 11 is 1.44. The van der Waals surface area contributed by atoms with Gasteiger partial charge in [-0.25, -0.2) is 0 Å². The molecule has 1 aromatic carbocycles. The van der Waals surface area contributed by atoms with Crippen molar-refractivity contribution in [3.63, 3.8) is 0 Å². The predicted octanol–water partition coefficient (Wildman–Crippen LogP) is 3.77. The van der Waals surface area contributed by atoms with Crippen molar-refractivity contribution in [2.45, 2.75) is 26.4 Å². The summed E-state index contributed by atoms with van der Waals surface area (Å²) < 4.78 is 10.4. The van der Waals surface area contributed by atoms with E-state index in [2.05, 4.69) is 0 Å². The highest BCUT2D eigenvalue weighted by Gasteiger charge is 2.12. The number of para-hydroxylation sites is 1. The Balaban J connectivity index is 1.80. The van der Waals surface area contributed by atoms with Gasteiger partial charge in [-0.05, 0) is 25.1 Å². The molecule has 4 nitrogen and oxygen atoms in total. The average Bonchev–Trinajstić information content (AvgIpc) is 2.97. The fraction of sp³-hybridized carbons (Fsp3) is 0.294. The number of hydrogen-bond donors (Lipinski definition) is 0. The van der Waals surface area contributed by atoms with Crippen LogP contribution in [0.2, 0.25) is 0 Å². The standard InChI is InChI=1S/C17H18O4S/c1-12-7-9-16(22-12)14(18)8-10-17(19)21-11-13-5-3-4-6-15(13)20-2/h3-7,9H,8,10-11H2,1-2H3. The third-order valence-corrected chi connectivity index (χ3v) is 4.19. The van der Waals surface area contributed by atoms with E-state index in [4.69, 9.17) is 9.47 Å². The second kappa shape index (κ2) is 7.75. The lowest BCUT2D eigenvalue weighted by atomic mass is 10.2. The summed E-state index contributed by atoms with van der Waals surface area (Å²) in [4.78, 5) is 25.4. The first-order valence-electron chi connectivity index (χ1n) is 6.97. The monoisotopic (exact) mass is 318 g/mol. The molecule has 0 spiro atoms. The number of carbonyl (C=O) groups excluding carboxylic acids is 2. The molecule has 0 amide bonds. The number of benzene rings is 1. The van der Waals surface area contributed by atoms with Gasteiger partial charge in [0.2, 0.25) is 0 Å². The van der Waals surface area contributed by atoms with E-state index in [1.165, 1.54) is 11.3 Å². The molecule has 0 aliphatic heterocycles. The zero-order valence-corrected chi connectivity index (χ0v) is 13.4. The van der Waals surface area contributed by atoms with Gasteiger partial charge in [-0.15, -0.1) is 11.3 Å². The molecule has 0 fully saturated rings. The van der Waals surface area contributed by atoms with Crippen molar-refractivity contribution in [2.75, 3.05) is 7.11 Å².